The van der Waals surface area contributed by atoms with E-state index in [-0.39, 0.29) is 35.6 Å². The highest BCUT2D eigenvalue weighted by Gasteiger charge is 2.56. The van der Waals surface area contributed by atoms with E-state index in [4.69, 9.17) is 30.2 Å². The summed E-state index contributed by atoms with van der Waals surface area (Å²) in [6, 6.07) is 3.10. The number of anilines is 2. The highest BCUT2D eigenvalue weighted by atomic mass is 31.2. The highest BCUT2D eigenvalue weighted by Crippen LogP contribution is 2.56. The molecule has 10 atom stereocenters. The average Bonchev–Trinajstić information content (AvgIpc) is 3.85. The molecule has 10 N–H and O–H groups in total. The smallest absolute Gasteiger partial charge is 0.455 e. The largest absolute Gasteiger partial charge is 0.469 e. The van der Waals surface area contributed by atoms with Crippen LogP contribution in [0.15, 0.2) is 66.9 Å². The zero-order valence-corrected chi connectivity index (χ0v) is 32.4. The van der Waals surface area contributed by atoms with E-state index in [0.29, 0.717) is 12.0 Å². The van der Waals surface area contributed by atoms with E-state index in [2.05, 4.69) is 41.3 Å². The molecule has 2 aliphatic rings. The standard InChI is InChI=1S/C32H40N10O15P2/c1-2-3-6-21(43)39-17(10-16-5-4-8-35-11-16)31(46)57-25-18(55-29(23(25)44)42-15-38-22-27(34)36-14-37-28(22)42)12-53-58(48,49)26-19(13-54-59(50,51)52)56-30(24(26)45)41-9-7-20(33)40-32(41)47/h2,4-5,7-9,11,14-15,17-19,23-26,29-30,44-45H,1,3,6,10,12-13H2,(H,39,43)(H,48,49)(H2,33,40,47)(H2,34,36,37)(H2,50,51,52)/t17-,18+,19+,23+,24+,25+,26+,29+,30+/m0/s1. The predicted molar refractivity (Wildman–Crippen MR) is 199 cm³/mol. The van der Waals surface area contributed by atoms with Crippen molar-refractivity contribution >= 4 is 50.1 Å². The Kier molecular flexibility index (Phi) is 13.3. The number of aromatic nitrogens is 7. The number of carbonyl (C=O) groups is 2. The molecule has 1 unspecified atom stereocenters. The van der Waals surface area contributed by atoms with Crippen LogP contribution >= 0.6 is 15.4 Å². The molecule has 0 spiro atoms. The summed E-state index contributed by atoms with van der Waals surface area (Å²) in [7, 11) is -10.5. The number of hydrogen-bond donors (Lipinski definition) is 8. The predicted octanol–water partition coefficient (Wildman–Crippen LogP) is -1.56. The fourth-order valence-corrected chi connectivity index (χ4v) is 8.49. The topological polar surface area (TPSA) is 371 Å². The van der Waals surface area contributed by atoms with Crippen LogP contribution in [0, 0.1) is 0 Å². The van der Waals surface area contributed by atoms with Gasteiger partial charge in [0.1, 0.15) is 53.8 Å². The Morgan fingerprint density at radius 2 is 1.75 bits per heavy atom. The minimum Gasteiger partial charge on any atom is -0.455 e. The summed E-state index contributed by atoms with van der Waals surface area (Å²) in [5.41, 5.74) is 9.16. The van der Waals surface area contributed by atoms with E-state index < -0.39 is 101 Å². The fourth-order valence-electron chi connectivity index (χ4n) is 6.51. The van der Waals surface area contributed by atoms with E-state index in [1.165, 1.54) is 35.4 Å². The van der Waals surface area contributed by atoms with E-state index in [1.807, 2.05) is 0 Å². The van der Waals surface area contributed by atoms with Gasteiger partial charge >= 0.3 is 27.1 Å². The molecule has 0 aromatic carbocycles. The number of nitrogens with two attached hydrogens (primary N) is 2. The van der Waals surface area contributed by atoms with Gasteiger partial charge in [0.2, 0.25) is 5.91 Å². The van der Waals surface area contributed by atoms with Crippen LogP contribution in [-0.4, -0.2) is 126 Å². The van der Waals surface area contributed by atoms with E-state index in [1.54, 1.807) is 12.1 Å². The zero-order chi connectivity index (χ0) is 42.6. The quantitative estimate of drug-likeness (QED) is 0.0338. The van der Waals surface area contributed by atoms with Crippen LogP contribution in [0.2, 0.25) is 0 Å². The number of nitrogens with zero attached hydrogens (tertiary/aromatic N) is 7. The summed E-state index contributed by atoms with van der Waals surface area (Å²) in [4.78, 5) is 89.2. The lowest BCUT2D eigenvalue weighted by atomic mass is 10.1. The van der Waals surface area contributed by atoms with Crippen molar-refractivity contribution in [2.24, 2.45) is 0 Å². The molecule has 27 heteroatoms. The second-order valence-electron chi connectivity index (χ2n) is 13.3. The van der Waals surface area contributed by atoms with Gasteiger partial charge in [-0.2, -0.15) is 4.98 Å². The minimum absolute atomic E-state index is 0.0132. The van der Waals surface area contributed by atoms with Crippen molar-refractivity contribution in [2.75, 3.05) is 24.7 Å². The van der Waals surface area contributed by atoms with Crippen LogP contribution in [0.3, 0.4) is 0 Å². The van der Waals surface area contributed by atoms with Gasteiger partial charge in [-0.3, -0.25) is 28.0 Å². The number of aliphatic hydroxyl groups excluding tert-OH is 2. The Morgan fingerprint density at radius 3 is 2.44 bits per heavy atom. The SMILES string of the molecule is C=CCCC(=O)N[C@@H](Cc1cccnc1)C(=O)O[C@H]1[C@@H](O)[C@H](n2cnc3c(N)ncnc32)O[C@@H]1COP(=O)(O)[C@H]1[C@@H](O)[C@H](n2ccc(N)nc2=O)O[C@@H]1COP(=O)(O)O. The van der Waals surface area contributed by atoms with E-state index in [9.17, 15) is 48.4 Å². The van der Waals surface area contributed by atoms with Gasteiger partial charge in [0.15, 0.2) is 30.0 Å². The lowest BCUT2D eigenvalue weighted by Gasteiger charge is -2.27. The van der Waals surface area contributed by atoms with Crippen molar-refractivity contribution in [2.45, 2.75) is 73.9 Å². The molecule has 2 saturated heterocycles. The molecule has 2 aliphatic heterocycles. The van der Waals surface area contributed by atoms with Crippen LogP contribution in [-0.2, 0) is 48.4 Å². The summed E-state index contributed by atoms with van der Waals surface area (Å²) < 4.78 is 55.1. The van der Waals surface area contributed by atoms with Gasteiger partial charge in [-0.05, 0) is 24.1 Å². The maximum atomic E-state index is 14.1. The Morgan fingerprint density at radius 1 is 1.02 bits per heavy atom. The number of amides is 1. The van der Waals surface area contributed by atoms with Gasteiger partial charge in [0.05, 0.1) is 19.5 Å². The summed E-state index contributed by atoms with van der Waals surface area (Å²) in [6.07, 6.45) is -4.05. The number of carbonyl (C=O) groups excluding carboxylic acids is 2. The molecule has 25 nitrogen and oxygen atoms in total. The maximum absolute atomic E-state index is 14.1. The van der Waals surface area contributed by atoms with Gasteiger partial charge in [-0.1, -0.05) is 12.1 Å². The first kappa shape index (κ1) is 43.5. The highest BCUT2D eigenvalue weighted by molar-refractivity contribution is 7.53. The normalized spacial score (nSPS) is 26.0. The molecule has 0 aliphatic carbocycles. The molecule has 1 amide bonds. The van der Waals surface area contributed by atoms with Gasteiger partial charge in [-0.15, -0.1) is 6.58 Å². The molecule has 6 rings (SSSR count). The molecule has 0 saturated carbocycles. The van der Waals surface area contributed by atoms with Crippen LogP contribution in [0.5, 0.6) is 0 Å². The molecule has 59 heavy (non-hydrogen) atoms. The molecular formula is C32H40N10O15P2. The molecule has 4 aromatic rings. The zero-order valence-electron chi connectivity index (χ0n) is 30.6. The summed E-state index contributed by atoms with van der Waals surface area (Å²) in [5, 5.41) is 25.6. The van der Waals surface area contributed by atoms with Crippen molar-refractivity contribution in [3.8, 4) is 0 Å². The minimum atomic E-state index is -5.27. The summed E-state index contributed by atoms with van der Waals surface area (Å²) in [5.74, 6) is -1.78. The van der Waals surface area contributed by atoms with Crippen LogP contribution in [0.1, 0.15) is 30.9 Å². The van der Waals surface area contributed by atoms with Crippen molar-refractivity contribution in [1.82, 2.24) is 39.4 Å². The van der Waals surface area contributed by atoms with Gasteiger partial charge in [0, 0.05) is 31.4 Å². The molecule has 2 fully saturated rings. The Bertz CT molecular complexity index is 2310. The van der Waals surface area contributed by atoms with Crippen LogP contribution in [0.25, 0.3) is 11.2 Å². The number of nitrogens with one attached hydrogen (secondary N) is 1. The second kappa shape index (κ2) is 18.1. The van der Waals surface area contributed by atoms with Crippen molar-refractivity contribution in [3.63, 3.8) is 0 Å². The number of ether oxygens (including phenoxy) is 3. The number of aliphatic hydroxyl groups is 2. The third kappa shape index (κ3) is 10.1. The third-order valence-corrected chi connectivity index (χ3v) is 11.6. The fraction of sp³-hybridized carbons (Fsp3) is 0.438. The van der Waals surface area contributed by atoms with Gasteiger partial charge < -0.3 is 60.4 Å². The first-order valence-corrected chi connectivity index (χ1v) is 20.8. The number of allylic oxidation sites excluding steroid dienone is 1. The van der Waals surface area contributed by atoms with E-state index >= 15 is 0 Å². The lowest BCUT2D eigenvalue weighted by Crippen LogP contribution is -2.47. The van der Waals surface area contributed by atoms with E-state index in [0.717, 1.165) is 17.1 Å². The number of pyridine rings is 1. The maximum Gasteiger partial charge on any atom is 0.469 e. The number of imidazole rings is 1. The number of phosphoric ester groups is 1. The molecule has 318 valence electrons. The first-order valence-electron chi connectivity index (χ1n) is 17.6. The molecule has 0 bridgehead atoms. The van der Waals surface area contributed by atoms with Crippen LogP contribution in [0.4, 0.5) is 11.6 Å². The third-order valence-electron chi connectivity index (χ3n) is 9.25. The Hall–Kier alpha value is -5.04. The summed E-state index contributed by atoms with van der Waals surface area (Å²) in [6.45, 7) is 1.57. The molecule has 6 heterocycles. The molecular weight excluding hydrogens is 826 g/mol. The second-order valence-corrected chi connectivity index (χ2v) is 16.5. The van der Waals surface area contributed by atoms with Crippen molar-refractivity contribution in [1.29, 1.82) is 0 Å². The van der Waals surface area contributed by atoms with Gasteiger partial charge in [-0.25, -0.2) is 29.1 Å². The number of rotatable bonds is 17. The average molecular weight is 867 g/mol. The van der Waals surface area contributed by atoms with Crippen molar-refractivity contribution in [3.05, 3.63) is 78.1 Å². The molecule has 4 aromatic heterocycles. The molecule has 0 radical (unpaired) electrons. The van der Waals surface area contributed by atoms with Crippen LogP contribution < -0.4 is 22.5 Å². The first-order chi connectivity index (χ1) is 28.0. The van der Waals surface area contributed by atoms with Gasteiger partial charge in [0.25, 0.3) is 0 Å². The number of phosphoric acid groups is 1. The number of nitrogen functional groups attached to an aromatic ring is 2. The lowest BCUT2D eigenvalue weighted by molar-refractivity contribution is -0.160. The summed E-state index contributed by atoms with van der Waals surface area (Å²) >= 11 is 0. The monoisotopic (exact) mass is 866 g/mol. The number of esters is 1. The number of fused-ring (bicyclic) bond motifs is 1. The Balaban J connectivity index is 1.29. The number of hydrogen-bond acceptors (Lipinski definition) is 19. The Labute approximate surface area is 332 Å². The van der Waals surface area contributed by atoms with Crippen molar-refractivity contribution < 1.29 is 66.9 Å².